The zero-order valence-electron chi connectivity index (χ0n) is 29.0. The van der Waals surface area contributed by atoms with Crippen LogP contribution in [-0.2, 0) is 28.2 Å². The average Bonchev–Trinajstić information content (AvgIpc) is 3.00. The number of carbonyl (C=O) groups excluding carboxylic acids is 2. The summed E-state index contributed by atoms with van der Waals surface area (Å²) in [6, 6.07) is 0. The van der Waals surface area contributed by atoms with Crippen LogP contribution in [0.1, 0.15) is 187 Å². The predicted molar refractivity (Wildman–Crippen MR) is 184 cm³/mol. The van der Waals surface area contributed by atoms with Crippen LogP contribution in [0.4, 0.5) is 0 Å². The van der Waals surface area contributed by atoms with Gasteiger partial charge in [-0.15, -0.1) is 0 Å². The Morgan fingerprint density at radius 2 is 0.933 bits per heavy atom. The molecule has 0 aliphatic rings. The first-order valence-corrected chi connectivity index (χ1v) is 20.0. The van der Waals surface area contributed by atoms with Crippen LogP contribution in [-0.4, -0.2) is 41.0 Å². The molecule has 0 amide bonds. The Morgan fingerprint density at radius 1 is 0.556 bits per heavy atom. The molecule has 2 N–H and O–H groups in total. The van der Waals surface area contributed by atoms with Crippen molar-refractivity contribution in [3.05, 3.63) is 12.2 Å². The van der Waals surface area contributed by atoms with E-state index in [9.17, 15) is 14.2 Å². The van der Waals surface area contributed by atoms with Crippen molar-refractivity contribution in [2.75, 3.05) is 13.2 Å². The molecule has 0 saturated carbocycles. The standard InChI is InChI=1S/C36H69O8P/c1-3-5-7-9-11-13-15-17-19-20-22-24-26-28-30-35(37)42-32-34(33-43-45(39,40)41)44-36(38)31-29-27-25-23-21-18-16-14-12-10-8-6-4-2/h15,17,34H,3-14,16,18-33H2,1-2H3,(H2,39,40,41)/b17-15+/t34-/m1/s1. The van der Waals surface area contributed by atoms with E-state index in [1.165, 1.54) is 96.3 Å². The van der Waals surface area contributed by atoms with Gasteiger partial charge in [0.2, 0.25) is 0 Å². The second-order valence-electron chi connectivity index (χ2n) is 12.6. The number of carbonyl (C=O) groups is 2. The van der Waals surface area contributed by atoms with Crippen LogP contribution >= 0.6 is 7.82 Å². The first-order chi connectivity index (χ1) is 21.8. The van der Waals surface area contributed by atoms with Crippen molar-refractivity contribution in [1.29, 1.82) is 0 Å². The van der Waals surface area contributed by atoms with Crippen molar-refractivity contribution in [3.63, 3.8) is 0 Å². The monoisotopic (exact) mass is 660 g/mol. The number of hydrogen-bond donors (Lipinski definition) is 2. The van der Waals surface area contributed by atoms with E-state index in [-0.39, 0.29) is 19.4 Å². The van der Waals surface area contributed by atoms with Gasteiger partial charge in [0.25, 0.3) is 0 Å². The molecule has 0 aromatic rings. The molecular formula is C36H69O8P. The Morgan fingerprint density at radius 3 is 1.36 bits per heavy atom. The lowest BCUT2D eigenvalue weighted by molar-refractivity contribution is -0.161. The molecule has 9 heteroatoms. The molecule has 8 nitrogen and oxygen atoms in total. The van der Waals surface area contributed by atoms with Gasteiger partial charge in [0.05, 0.1) is 6.61 Å². The van der Waals surface area contributed by atoms with Crippen molar-refractivity contribution in [1.82, 2.24) is 0 Å². The number of hydrogen-bond acceptors (Lipinski definition) is 6. The minimum absolute atomic E-state index is 0.215. The van der Waals surface area contributed by atoms with Crippen LogP contribution < -0.4 is 0 Å². The van der Waals surface area contributed by atoms with Crippen LogP contribution in [0, 0.1) is 0 Å². The summed E-state index contributed by atoms with van der Waals surface area (Å²) in [4.78, 5) is 42.6. The summed E-state index contributed by atoms with van der Waals surface area (Å²) >= 11 is 0. The summed E-state index contributed by atoms with van der Waals surface area (Å²) in [6.45, 7) is 3.66. The van der Waals surface area contributed by atoms with Gasteiger partial charge in [-0.2, -0.15) is 0 Å². The van der Waals surface area contributed by atoms with Gasteiger partial charge in [0.1, 0.15) is 6.61 Å². The van der Waals surface area contributed by atoms with E-state index in [0.29, 0.717) is 6.42 Å². The Balaban J connectivity index is 3.97. The highest BCUT2D eigenvalue weighted by atomic mass is 31.2. The average molecular weight is 661 g/mol. The third-order valence-electron chi connectivity index (χ3n) is 8.03. The normalized spacial score (nSPS) is 12.5. The number of phosphoric ester groups is 1. The molecule has 1 atom stereocenters. The predicted octanol–water partition coefficient (Wildman–Crippen LogP) is 10.7. The number of ether oxygens (including phenoxy) is 2. The minimum atomic E-state index is -4.74. The second kappa shape index (κ2) is 32.7. The van der Waals surface area contributed by atoms with Gasteiger partial charge in [-0.1, -0.05) is 148 Å². The maximum atomic E-state index is 12.3. The SMILES string of the molecule is CCCCCCC/C=C/CCCCCCCC(=O)OC[C@H](COP(=O)(O)O)OC(=O)CCCCCCCCCCCCCCC. The van der Waals surface area contributed by atoms with E-state index in [1.807, 2.05) is 0 Å². The lowest BCUT2D eigenvalue weighted by Gasteiger charge is -2.18. The van der Waals surface area contributed by atoms with Crippen molar-refractivity contribution in [2.24, 2.45) is 0 Å². The van der Waals surface area contributed by atoms with E-state index < -0.39 is 32.5 Å². The molecular weight excluding hydrogens is 591 g/mol. The number of rotatable bonds is 34. The Labute approximate surface area is 276 Å². The van der Waals surface area contributed by atoms with Crippen molar-refractivity contribution in [2.45, 2.75) is 193 Å². The van der Waals surface area contributed by atoms with Gasteiger partial charge in [-0.25, -0.2) is 4.57 Å². The molecule has 0 aliphatic carbocycles. The van der Waals surface area contributed by atoms with E-state index in [1.54, 1.807) is 0 Å². The molecule has 0 unspecified atom stereocenters. The molecule has 0 bridgehead atoms. The van der Waals surface area contributed by atoms with Crippen LogP contribution in [0.15, 0.2) is 12.2 Å². The smallest absolute Gasteiger partial charge is 0.462 e. The van der Waals surface area contributed by atoms with E-state index in [0.717, 1.165) is 57.8 Å². The third-order valence-corrected chi connectivity index (χ3v) is 8.52. The van der Waals surface area contributed by atoms with Crippen molar-refractivity contribution in [3.8, 4) is 0 Å². The van der Waals surface area contributed by atoms with Gasteiger partial charge in [0, 0.05) is 12.8 Å². The summed E-state index contributed by atoms with van der Waals surface area (Å²) in [5.74, 6) is -0.888. The van der Waals surface area contributed by atoms with Crippen molar-refractivity contribution >= 4 is 19.8 Å². The van der Waals surface area contributed by atoms with Gasteiger partial charge < -0.3 is 19.3 Å². The molecule has 0 spiro atoms. The Hall–Kier alpha value is -1.21. The summed E-state index contributed by atoms with van der Waals surface area (Å²) in [7, 11) is -4.74. The zero-order valence-corrected chi connectivity index (χ0v) is 29.9. The van der Waals surface area contributed by atoms with E-state index >= 15 is 0 Å². The molecule has 0 aromatic carbocycles. The fraction of sp³-hybridized carbons (Fsp3) is 0.889. The summed E-state index contributed by atoms with van der Waals surface area (Å²) in [5, 5.41) is 0. The van der Waals surface area contributed by atoms with Gasteiger partial charge in [0.15, 0.2) is 6.10 Å². The lowest BCUT2D eigenvalue weighted by Crippen LogP contribution is -2.29. The highest BCUT2D eigenvalue weighted by Crippen LogP contribution is 2.36. The maximum Gasteiger partial charge on any atom is 0.469 e. The molecule has 0 aliphatic heterocycles. The van der Waals surface area contributed by atoms with Crippen molar-refractivity contribution < 1.29 is 37.9 Å². The van der Waals surface area contributed by atoms with E-state index in [4.69, 9.17) is 19.3 Å². The van der Waals surface area contributed by atoms with Crippen LogP contribution in [0.3, 0.4) is 0 Å². The topological polar surface area (TPSA) is 119 Å². The highest BCUT2D eigenvalue weighted by Gasteiger charge is 2.22. The third kappa shape index (κ3) is 35.5. The molecule has 0 rings (SSSR count). The summed E-state index contributed by atoms with van der Waals surface area (Å²) in [5.41, 5.74) is 0. The highest BCUT2D eigenvalue weighted by molar-refractivity contribution is 7.46. The Bertz CT molecular complexity index is 751. The Kier molecular flexibility index (Phi) is 31.8. The molecule has 45 heavy (non-hydrogen) atoms. The van der Waals surface area contributed by atoms with Crippen LogP contribution in [0.5, 0.6) is 0 Å². The molecule has 266 valence electrons. The number of esters is 2. The lowest BCUT2D eigenvalue weighted by atomic mass is 10.0. The first-order valence-electron chi connectivity index (χ1n) is 18.5. The summed E-state index contributed by atoms with van der Waals surface area (Å²) in [6.07, 6.45) is 33.6. The number of phosphoric acid groups is 1. The van der Waals surface area contributed by atoms with Crippen LogP contribution in [0.2, 0.25) is 0 Å². The second-order valence-corrected chi connectivity index (χ2v) is 13.8. The van der Waals surface area contributed by atoms with Crippen LogP contribution in [0.25, 0.3) is 0 Å². The number of allylic oxidation sites excluding steroid dienone is 2. The minimum Gasteiger partial charge on any atom is -0.462 e. The largest absolute Gasteiger partial charge is 0.469 e. The number of unbranched alkanes of at least 4 members (excludes halogenated alkanes) is 22. The van der Waals surface area contributed by atoms with E-state index in [2.05, 4.69) is 30.5 Å². The molecule has 0 saturated heterocycles. The molecule has 0 heterocycles. The fourth-order valence-electron chi connectivity index (χ4n) is 5.25. The van der Waals surface area contributed by atoms with Gasteiger partial charge in [-0.3, -0.25) is 14.1 Å². The zero-order chi connectivity index (χ0) is 33.3. The first kappa shape index (κ1) is 43.8. The van der Waals surface area contributed by atoms with Gasteiger partial charge >= 0.3 is 19.8 Å². The molecule has 0 aromatic heterocycles. The molecule has 0 radical (unpaired) electrons. The maximum absolute atomic E-state index is 12.3. The molecule has 0 fully saturated rings. The van der Waals surface area contributed by atoms with Gasteiger partial charge in [-0.05, 0) is 38.5 Å². The quantitative estimate of drug-likeness (QED) is 0.0303. The fourth-order valence-corrected chi connectivity index (χ4v) is 5.61. The summed E-state index contributed by atoms with van der Waals surface area (Å²) < 4.78 is 26.3.